The van der Waals surface area contributed by atoms with Gasteiger partial charge in [-0.1, -0.05) is 13.8 Å². The van der Waals surface area contributed by atoms with Gasteiger partial charge in [0, 0.05) is 19.5 Å². The zero-order valence-corrected chi connectivity index (χ0v) is 10.6. The lowest BCUT2D eigenvalue weighted by Crippen LogP contribution is -2.38. The zero-order valence-electron chi connectivity index (χ0n) is 10.6. The molecule has 17 heavy (non-hydrogen) atoms. The standard InChI is InChI=1S/C11H23F3N2O/c1-3-16(4-2)9-10(17)8-15-7-5-6-11(12,13)14/h10,15,17H,3-9H2,1-2H3. The van der Waals surface area contributed by atoms with E-state index in [1.807, 2.05) is 13.8 Å². The van der Waals surface area contributed by atoms with Crippen LogP contribution in [-0.4, -0.2) is 55.0 Å². The van der Waals surface area contributed by atoms with E-state index in [9.17, 15) is 18.3 Å². The molecule has 104 valence electrons. The van der Waals surface area contributed by atoms with Crippen molar-refractivity contribution in [3.8, 4) is 0 Å². The van der Waals surface area contributed by atoms with Crippen LogP contribution in [0.2, 0.25) is 0 Å². The highest BCUT2D eigenvalue weighted by Gasteiger charge is 2.25. The fourth-order valence-electron chi connectivity index (χ4n) is 1.53. The predicted molar refractivity (Wildman–Crippen MR) is 62.0 cm³/mol. The van der Waals surface area contributed by atoms with Crippen LogP contribution in [0.1, 0.15) is 26.7 Å². The van der Waals surface area contributed by atoms with Crippen molar-refractivity contribution in [1.82, 2.24) is 10.2 Å². The molecule has 0 bridgehead atoms. The molecule has 3 nitrogen and oxygen atoms in total. The fourth-order valence-corrected chi connectivity index (χ4v) is 1.53. The molecular weight excluding hydrogens is 233 g/mol. The number of hydrogen-bond acceptors (Lipinski definition) is 3. The van der Waals surface area contributed by atoms with Crippen molar-refractivity contribution in [3.05, 3.63) is 0 Å². The maximum Gasteiger partial charge on any atom is 0.389 e. The van der Waals surface area contributed by atoms with E-state index < -0.39 is 18.7 Å². The summed E-state index contributed by atoms with van der Waals surface area (Å²) in [6, 6.07) is 0. The Kier molecular flexibility index (Phi) is 8.55. The molecule has 0 fully saturated rings. The van der Waals surface area contributed by atoms with Crippen LogP contribution in [0, 0.1) is 0 Å². The largest absolute Gasteiger partial charge is 0.390 e. The van der Waals surface area contributed by atoms with E-state index >= 15 is 0 Å². The highest BCUT2D eigenvalue weighted by Crippen LogP contribution is 2.20. The van der Waals surface area contributed by atoms with Gasteiger partial charge in [-0.3, -0.25) is 0 Å². The minimum absolute atomic E-state index is 0.0570. The Labute approximate surface area is 101 Å². The topological polar surface area (TPSA) is 35.5 Å². The van der Waals surface area contributed by atoms with Crippen molar-refractivity contribution in [1.29, 1.82) is 0 Å². The summed E-state index contributed by atoms with van der Waals surface area (Å²) in [5.74, 6) is 0. The smallest absolute Gasteiger partial charge is 0.389 e. The first kappa shape index (κ1) is 16.7. The number of aliphatic hydroxyl groups excluding tert-OH is 1. The van der Waals surface area contributed by atoms with Gasteiger partial charge in [-0.2, -0.15) is 13.2 Å². The highest BCUT2D eigenvalue weighted by atomic mass is 19.4. The average molecular weight is 256 g/mol. The summed E-state index contributed by atoms with van der Waals surface area (Å²) in [4.78, 5) is 2.07. The number of rotatable bonds is 9. The van der Waals surface area contributed by atoms with Crippen LogP contribution in [0.3, 0.4) is 0 Å². The number of alkyl halides is 3. The summed E-state index contributed by atoms with van der Waals surface area (Å²) in [5, 5.41) is 12.4. The lowest BCUT2D eigenvalue weighted by atomic mass is 10.2. The summed E-state index contributed by atoms with van der Waals surface area (Å²) in [7, 11) is 0. The molecule has 0 aliphatic carbocycles. The van der Waals surface area contributed by atoms with Crippen molar-refractivity contribution in [2.75, 3.05) is 32.7 Å². The number of aliphatic hydroxyl groups is 1. The maximum atomic E-state index is 11.8. The SMILES string of the molecule is CCN(CC)CC(O)CNCCCC(F)(F)F. The Morgan fingerprint density at radius 2 is 1.82 bits per heavy atom. The van der Waals surface area contributed by atoms with Gasteiger partial charge in [0.05, 0.1) is 6.10 Å². The second-order valence-electron chi connectivity index (χ2n) is 4.06. The normalized spacial score (nSPS) is 14.3. The third kappa shape index (κ3) is 10.5. The van der Waals surface area contributed by atoms with Crippen LogP contribution in [0.5, 0.6) is 0 Å². The van der Waals surface area contributed by atoms with E-state index in [1.54, 1.807) is 0 Å². The van der Waals surface area contributed by atoms with Crippen LogP contribution in [0.25, 0.3) is 0 Å². The second-order valence-corrected chi connectivity index (χ2v) is 4.06. The number of halogens is 3. The van der Waals surface area contributed by atoms with Crippen LogP contribution < -0.4 is 5.32 Å². The molecule has 0 aliphatic heterocycles. The Balaban J connectivity index is 3.48. The number of hydrogen-bond donors (Lipinski definition) is 2. The molecular formula is C11H23F3N2O. The van der Waals surface area contributed by atoms with E-state index in [0.29, 0.717) is 13.1 Å². The molecule has 1 atom stereocenters. The number of likely N-dealkylation sites (N-methyl/N-ethyl adjacent to an activating group) is 1. The Morgan fingerprint density at radius 3 is 2.29 bits per heavy atom. The molecule has 0 radical (unpaired) electrons. The van der Waals surface area contributed by atoms with Crippen molar-refractivity contribution in [2.45, 2.75) is 39.0 Å². The highest BCUT2D eigenvalue weighted by molar-refractivity contribution is 4.65. The van der Waals surface area contributed by atoms with E-state index in [1.165, 1.54) is 0 Å². The predicted octanol–water partition coefficient (Wildman–Crippen LogP) is 1.62. The van der Waals surface area contributed by atoms with Crippen LogP contribution in [-0.2, 0) is 0 Å². The summed E-state index contributed by atoms with van der Waals surface area (Å²) in [6.07, 6.45) is -5.32. The molecule has 0 aliphatic rings. The molecule has 0 saturated carbocycles. The van der Waals surface area contributed by atoms with Crippen molar-refractivity contribution >= 4 is 0 Å². The summed E-state index contributed by atoms with van der Waals surface area (Å²) in [5.41, 5.74) is 0. The minimum Gasteiger partial charge on any atom is -0.390 e. The van der Waals surface area contributed by atoms with Gasteiger partial charge in [-0.05, 0) is 26.1 Å². The van der Waals surface area contributed by atoms with E-state index in [0.717, 1.165) is 13.1 Å². The van der Waals surface area contributed by atoms with E-state index in [2.05, 4.69) is 10.2 Å². The van der Waals surface area contributed by atoms with Crippen molar-refractivity contribution < 1.29 is 18.3 Å². The van der Waals surface area contributed by atoms with Crippen LogP contribution in [0.15, 0.2) is 0 Å². The lowest BCUT2D eigenvalue weighted by Gasteiger charge is -2.22. The minimum atomic E-state index is -4.08. The van der Waals surface area contributed by atoms with Gasteiger partial charge in [0.15, 0.2) is 0 Å². The molecule has 0 aromatic carbocycles. The van der Waals surface area contributed by atoms with Gasteiger partial charge in [-0.25, -0.2) is 0 Å². The molecule has 0 aromatic heterocycles. The number of nitrogens with one attached hydrogen (secondary N) is 1. The summed E-state index contributed by atoms with van der Waals surface area (Å²) >= 11 is 0. The Bertz CT molecular complexity index is 184. The molecule has 0 heterocycles. The van der Waals surface area contributed by atoms with Crippen LogP contribution >= 0.6 is 0 Å². The molecule has 0 saturated heterocycles. The zero-order chi connectivity index (χ0) is 13.3. The molecule has 0 rings (SSSR count). The first-order valence-corrected chi connectivity index (χ1v) is 6.07. The third-order valence-electron chi connectivity index (χ3n) is 2.56. The summed E-state index contributed by atoms with van der Waals surface area (Å²) in [6.45, 7) is 6.92. The molecule has 1 unspecified atom stereocenters. The molecule has 0 amide bonds. The fraction of sp³-hybridized carbons (Fsp3) is 1.00. The van der Waals surface area contributed by atoms with Gasteiger partial charge in [-0.15, -0.1) is 0 Å². The average Bonchev–Trinajstić information content (AvgIpc) is 2.23. The lowest BCUT2D eigenvalue weighted by molar-refractivity contribution is -0.135. The van der Waals surface area contributed by atoms with Gasteiger partial charge in [0.2, 0.25) is 0 Å². The first-order chi connectivity index (χ1) is 7.89. The van der Waals surface area contributed by atoms with Crippen molar-refractivity contribution in [2.24, 2.45) is 0 Å². The van der Waals surface area contributed by atoms with Crippen LogP contribution in [0.4, 0.5) is 13.2 Å². The monoisotopic (exact) mass is 256 g/mol. The first-order valence-electron chi connectivity index (χ1n) is 6.07. The number of nitrogens with zero attached hydrogens (tertiary/aromatic N) is 1. The van der Waals surface area contributed by atoms with Gasteiger partial charge in [0.1, 0.15) is 0 Å². The molecule has 0 aromatic rings. The second kappa shape index (κ2) is 8.72. The van der Waals surface area contributed by atoms with Gasteiger partial charge >= 0.3 is 6.18 Å². The molecule has 0 spiro atoms. The van der Waals surface area contributed by atoms with E-state index in [-0.39, 0.29) is 13.0 Å². The van der Waals surface area contributed by atoms with Gasteiger partial charge in [0.25, 0.3) is 0 Å². The van der Waals surface area contributed by atoms with Gasteiger partial charge < -0.3 is 15.3 Å². The molecule has 6 heteroatoms. The molecule has 2 N–H and O–H groups in total. The Hall–Kier alpha value is -0.330. The van der Waals surface area contributed by atoms with E-state index in [4.69, 9.17) is 0 Å². The van der Waals surface area contributed by atoms with Crippen molar-refractivity contribution in [3.63, 3.8) is 0 Å². The summed E-state index contributed by atoms with van der Waals surface area (Å²) < 4.78 is 35.5. The third-order valence-corrected chi connectivity index (χ3v) is 2.56. The maximum absolute atomic E-state index is 11.8. The quantitative estimate of drug-likeness (QED) is 0.615. The Morgan fingerprint density at radius 1 is 1.24 bits per heavy atom.